The topological polar surface area (TPSA) is 58.9 Å². The van der Waals surface area contributed by atoms with Crippen molar-refractivity contribution >= 4 is 12.6 Å². The fourth-order valence-electron chi connectivity index (χ4n) is 1.09. The van der Waals surface area contributed by atoms with Crippen molar-refractivity contribution in [3.8, 4) is 0 Å². The zero-order chi connectivity index (χ0) is 11.1. The van der Waals surface area contributed by atoms with Crippen LogP contribution < -0.4 is 5.46 Å². The van der Waals surface area contributed by atoms with E-state index in [0.717, 1.165) is 5.56 Å². The molecule has 4 nitrogen and oxygen atoms in total. The predicted molar refractivity (Wildman–Crippen MR) is 57.5 cm³/mol. The van der Waals surface area contributed by atoms with Crippen molar-refractivity contribution in [3.05, 3.63) is 29.8 Å². The van der Waals surface area contributed by atoms with Crippen molar-refractivity contribution in [1.29, 1.82) is 0 Å². The molecule has 0 aromatic heterocycles. The van der Waals surface area contributed by atoms with Crippen molar-refractivity contribution in [2.24, 2.45) is 0 Å². The minimum Gasteiger partial charge on any atom is -0.423 e. The molecular formula is C10H15BO4. The summed E-state index contributed by atoms with van der Waals surface area (Å²) in [5.74, 6) is 0. The maximum absolute atomic E-state index is 8.86. The summed E-state index contributed by atoms with van der Waals surface area (Å²) in [5, 5.41) is 17.7. The minimum absolute atomic E-state index is 0.279. The Morgan fingerprint density at radius 1 is 1.13 bits per heavy atom. The molecule has 0 aliphatic rings. The number of rotatable bonds is 6. The summed E-state index contributed by atoms with van der Waals surface area (Å²) >= 11 is 0. The molecule has 0 bridgehead atoms. The first-order valence-electron chi connectivity index (χ1n) is 4.84. The molecule has 1 rings (SSSR count). The monoisotopic (exact) mass is 210 g/mol. The van der Waals surface area contributed by atoms with Gasteiger partial charge >= 0.3 is 7.12 Å². The molecule has 15 heavy (non-hydrogen) atoms. The Balaban J connectivity index is 2.36. The third kappa shape index (κ3) is 4.44. The van der Waals surface area contributed by atoms with E-state index in [-0.39, 0.29) is 6.79 Å². The van der Waals surface area contributed by atoms with Crippen LogP contribution in [0.25, 0.3) is 0 Å². The van der Waals surface area contributed by atoms with Gasteiger partial charge in [-0.1, -0.05) is 24.3 Å². The first-order valence-corrected chi connectivity index (χ1v) is 4.84. The second kappa shape index (κ2) is 6.58. The van der Waals surface area contributed by atoms with E-state index in [1.807, 2.05) is 6.92 Å². The molecule has 1 aromatic rings. The highest BCUT2D eigenvalue weighted by Crippen LogP contribution is 1.99. The molecule has 0 aliphatic heterocycles. The Hall–Kier alpha value is -0.875. The van der Waals surface area contributed by atoms with E-state index in [1.54, 1.807) is 24.3 Å². The van der Waals surface area contributed by atoms with Gasteiger partial charge in [-0.15, -0.1) is 0 Å². The molecule has 0 saturated heterocycles. The average Bonchev–Trinajstić information content (AvgIpc) is 2.25. The van der Waals surface area contributed by atoms with E-state index in [9.17, 15) is 0 Å². The fraction of sp³-hybridized carbons (Fsp3) is 0.400. The quantitative estimate of drug-likeness (QED) is 0.390. The number of hydrogen-bond donors (Lipinski definition) is 2. The summed E-state index contributed by atoms with van der Waals surface area (Å²) < 4.78 is 10.2. The van der Waals surface area contributed by atoms with Gasteiger partial charge in [0.15, 0.2) is 0 Å². The summed E-state index contributed by atoms with van der Waals surface area (Å²) in [6, 6.07) is 6.90. The maximum Gasteiger partial charge on any atom is 0.488 e. The van der Waals surface area contributed by atoms with Gasteiger partial charge < -0.3 is 19.5 Å². The van der Waals surface area contributed by atoms with Gasteiger partial charge in [-0.3, -0.25) is 0 Å². The van der Waals surface area contributed by atoms with Gasteiger partial charge in [0.2, 0.25) is 0 Å². The van der Waals surface area contributed by atoms with Gasteiger partial charge in [-0.25, -0.2) is 0 Å². The molecule has 0 heterocycles. The Kier molecular flexibility index (Phi) is 5.35. The lowest BCUT2D eigenvalue weighted by atomic mass is 9.80. The highest BCUT2D eigenvalue weighted by Gasteiger charge is 2.09. The van der Waals surface area contributed by atoms with Crippen LogP contribution in [0.4, 0.5) is 0 Å². The van der Waals surface area contributed by atoms with Crippen LogP contribution in [0.5, 0.6) is 0 Å². The van der Waals surface area contributed by atoms with E-state index in [2.05, 4.69) is 0 Å². The van der Waals surface area contributed by atoms with E-state index >= 15 is 0 Å². The third-order valence-corrected chi connectivity index (χ3v) is 1.92. The molecule has 2 N–H and O–H groups in total. The highest BCUT2D eigenvalue weighted by atomic mass is 16.7. The van der Waals surface area contributed by atoms with Crippen LogP contribution in [0, 0.1) is 0 Å². The lowest BCUT2D eigenvalue weighted by Gasteiger charge is -2.05. The van der Waals surface area contributed by atoms with Gasteiger partial charge in [-0.05, 0) is 17.9 Å². The van der Waals surface area contributed by atoms with Crippen molar-refractivity contribution in [1.82, 2.24) is 0 Å². The lowest BCUT2D eigenvalue weighted by molar-refractivity contribution is -0.0571. The average molecular weight is 210 g/mol. The Labute approximate surface area is 89.6 Å². The van der Waals surface area contributed by atoms with Crippen LogP contribution in [0.1, 0.15) is 12.5 Å². The van der Waals surface area contributed by atoms with Gasteiger partial charge in [-0.2, -0.15) is 0 Å². The van der Waals surface area contributed by atoms with E-state index in [0.29, 0.717) is 18.7 Å². The van der Waals surface area contributed by atoms with E-state index < -0.39 is 7.12 Å². The van der Waals surface area contributed by atoms with Crippen LogP contribution in [0.15, 0.2) is 24.3 Å². The van der Waals surface area contributed by atoms with E-state index in [1.165, 1.54) is 0 Å². The normalized spacial score (nSPS) is 10.3. The SMILES string of the molecule is CCOCOCc1ccc(B(O)O)cc1. The molecule has 0 aliphatic carbocycles. The molecule has 0 amide bonds. The molecule has 0 unspecified atom stereocenters. The van der Waals surface area contributed by atoms with Gasteiger partial charge in [0.25, 0.3) is 0 Å². The smallest absolute Gasteiger partial charge is 0.423 e. The summed E-state index contributed by atoms with van der Waals surface area (Å²) in [6.45, 7) is 3.28. The molecule has 5 heteroatoms. The number of ether oxygens (including phenoxy) is 2. The summed E-state index contributed by atoms with van der Waals surface area (Å²) in [5.41, 5.74) is 1.45. The van der Waals surface area contributed by atoms with Gasteiger partial charge in [0, 0.05) is 6.61 Å². The molecule has 0 spiro atoms. The van der Waals surface area contributed by atoms with Crippen LogP contribution in [-0.2, 0) is 16.1 Å². The summed E-state index contributed by atoms with van der Waals surface area (Å²) in [6.07, 6.45) is 0. The minimum atomic E-state index is -1.41. The second-order valence-electron chi connectivity index (χ2n) is 3.07. The molecule has 0 atom stereocenters. The van der Waals surface area contributed by atoms with Gasteiger partial charge in [0.1, 0.15) is 6.79 Å². The van der Waals surface area contributed by atoms with E-state index in [4.69, 9.17) is 19.5 Å². The molecule has 0 saturated carbocycles. The fourth-order valence-corrected chi connectivity index (χ4v) is 1.09. The largest absolute Gasteiger partial charge is 0.488 e. The summed E-state index contributed by atoms with van der Waals surface area (Å²) in [4.78, 5) is 0. The first kappa shape index (κ1) is 12.2. The van der Waals surface area contributed by atoms with Crippen LogP contribution >= 0.6 is 0 Å². The van der Waals surface area contributed by atoms with Crippen LogP contribution in [0.3, 0.4) is 0 Å². The van der Waals surface area contributed by atoms with Crippen molar-refractivity contribution < 1.29 is 19.5 Å². The Morgan fingerprint density at radius 3 is 2.33 bits per heavy atom. The molecule has 0 fully saturated rings. The maximum atomic E-state index is 8.86. The van der Waals surface area contributed by atoms with Crippen LogP contribution in [-0.4, -0.2) is 30.6 Å². The zero-order valence-electron chi connectivity index (χ0n) is 8.72. The molecular weight excluding hydrogens is 195 g/mol. The lowest BCUT2D eigenvalue weighted by Crippen LogP contribution is -2.29. The standard InChI is InChI=1S/C10H15BO4/c1-2-14-8-15-7-9-3-5-10(6-4-9)11(12)13/h3-6,12-13H,2,7-8H2,1H3. The Morgan fingerprint density at radius 2 is 1.80 bits per heavy atom. The Bertz CT molecular complexity index is 273. The molecule has 82 valence electrons. The highest BCUT2D eigenvalue weighted by molar-refractivity contribution is 6.58. The van der Waals surface area contributed by atoms with Crippen molar-refractivity contribution in [2.45, 2.75) is 13.5 Å². The predicted octanol–water partition coefficient (Wildman–Crippen LogP) is -0.123. The number of benzene rings is 1. The van der Waals surface area contributed by atoms with Crippen LogP contribution in [0.2, 0.25) is 0 Å². The third-order valence-electron chi connectivity index (χ3n) is 1.92. The summed E-state index contributed by atoms with van der Waals surface area (Å²) in [7, 11) is -1.41. The van der Waals surface area contributed by atoms with Gasteiger partial charge in [0.05, 0.1) is 6.61 Å². The zero-order valence-corrected chi connectivity index (χ0v) is 8.72. The molecule has 1 aromatic carbocycles. The second-order valence-corrected chi connectivity index (χ2v) is 3.07. The number of hydrogen-bond acceptors (Lipinski definition) is 4. The first-order chi connectivity index (χ1) is 7.24. The van der Waals surface area contributed by atoms with Crippen molar-refractivity contribution in [2.75, 3.05) is 13.4 Å². The molecule has 0 radical (unpaired) electrons. The van der Waals surface area contributed by atoms with Crippen molar-refractivity contribution in [3.63, 3.8) is 0 Å².